The zero-order valence-corrected chi connectivity index (χ0v) is 15.5. The lowest BCUT2D eigenvalue weighted by Crippen LogP contribution is -2.10. The van der Waals surface area contributed by atoms with Crippen molar-refractivity contribution in [3.63, 3.8) is 0 Å². The van der Waals surface area contributed by atoms with Gasteiger partial charge in [-0.25, -0.2) is 0 Å². The van der Waals surface area contributed by atoms with Crippen molar-refractivity contribution in [2.75, 3.05) is 17.2 Å². The van der Waals surface area contributed by atoms with E-state index in [9.17, 15) is 0 Å². The molecule has 4 rings (SSSR count). The Labute approximate surface area is 158 Å². The molecule has 0 saturated carbocycles. The quantitative estimate of drug-likeness (QED) is 0.544. The fourth-order valence-electron chi connectivity index (χ4n) is 3.02. The summed E-state index contributed by atoms with van der Waals surface area (Å²) >= 11 is 0. The van der Waals surface area contributed by atoms with Crippen molar-refractivity contribution in [1.82, 2.24) is 19.7 Å². The molecule has 0 spiro atoms. The second-order valence-corrected chi connectivity index (χ2v) is 6.56. The van der Waals surface area contributed by atoms with E-state index < -0.39 is 0 Å². The number of aromatic nitrogens is 4. The van der Waals surface area contributed by atoms with Crippen molar-refractivity contribution in [3.8, 4) is 0 Å². The summed E-state index contributed by atoms with van der Waals surface area (Å²) < 4.78 is 1.76. The molecule has 6 heteroatoms. The first-order valence-corrected chi connectivity index (χ1v) is 9.00. The minimum absolute atomic E-state index is 0.595. The number of hydrogen-bond donors (Lipinski definition) is 2. The maximum atomic E-state index is 4.68. The van der Waals surface area contributed by atoms with E-state index in [0.29, 0.717) is 5.95 Å². The predicted molar refractivity (Wildman–Crippen MR) is 109 cm³/mol. The molecular formula is C21H22N6. The first-order valence-electron chi connectivity index (χ1n) is 9.00. The molecule has 2 heterocycles. The van der Waals surface area contributed by atoms with E-state index in [0.717, 1.165) is 35.5 Å². The third kappa shape index (κ3) is 3.89. The lowest BCUT2D eigenvalue weighted by atomic mass is 10.1. The second-order valence-electron chi connectivity index (χ2n) is 6.56. The standard InChI is InChI=1S/C21H22N6/c1-15-7-6-10-17(13-15)24-19-18-14-23-27(2)20(18)26-21(25-19)22-12-11-16-8-4-3-5-9-16/h3-10,13-14H,11-12H2,1-2H3,(H2,22,24,25,26). The molecule has 0 saturated heterocycles. The van der Waals surface area contributed by atoms with Gasteiger partial charge in [0.05, 0.1) is 11.6 Å². The molecule has 0 fully saturated rings. The fraction of sp³-hybridized carbons (Fsp3) is 0.190. The first-order chi connectivity index (χ1) is 13.2. The topological polar surface area (TPSA) is 67.7 Å². The molecule has 2 N–H and O–H groups in total. The molecule has 4 aromatic rings. The molecule has 0 amide bonds. The van der Waals surface area contributed by atoms with Crippen molar-refractivity contribution in [2.24, 2.45) is 7.05 Å². The van der Waals surface area contributed by atoms with Crippen LogP contribution in [0.4, 0.5) is 17.5 Å². The summed E-state index contributed by atoms with van der Waals surface area (Å²) in [4.78, 5) is 9.31. The number of hydrogen-bond acceptors (Lipinski definition) is 5. The van der Waals surface area contributed by atoms with Gasteiger partial charge in [-0.1, -0.05) is 42.5 Å². The smallest absolute Gasteiger partial charge is 0.226 e. The molecule has 2 aromatic carbocycles. The van der Waals surface area contributed by atoms with E-state index in [1.165, 1.54) is 11.1 Å². The third-order valence-corrected chi connectivity index (χ3v) is 4.41. The number of anilines is 3. The molecule has 27 heavy (non-hydrogen) atoms. The van der Waals surface area contributed by atoms with Gasteiger partial charge in [0.2, 0.25) is 5.95 Å². The Bertz CT molecular complexity index is 1050. The van der Waals surface area contributed by atoms with Crippen LogP contribution in [0.2, 0.25) is 0 Å². The van der Waals surface area contributed by atoms with Crippen LogP contribution >= 0.6 is 0 Å². The molecule has 2 aromatic heterocycles. The van der Waals surface area contributed by atoms with E-state index in [1.54, 1.807) is 10.9 Å². The Hall–Kier alpha value is -3.41. The Balaban J connectivity index is 1.58. The highest BCUT2D eigenvalue weighted by Gasteiger charge is 2.12. The summed E-state index contributed by atoms with van der Waals surface area (Å²) in [5.41, 5.74) is 4.26. The largest absolute Gasteiger partial charge is 0.354 e. The van der Waals surface area contributed by atoms with Gasteiger partial charge in [-0.3, -0.25) is 4.68 Å². The number of rotatable bonds is 6. The number of aryl methyl sites for hydroxylation is 2. The van der Waals surface area contributed by atoms with E-state index in [2.05, 4.69) is 69.0 Å². The summed E-state index contributed by atoms with van der Waals surface area (Å²) in [5, 5.41) is 12.0. The summed E-state index contributed by atoms with van der Waals surface area (Å²) in [5.74, 6) is 1.35. The van der Waals surface area contributed by atoms with E-state index in [1.807, 2.05) is 25.2 Å². The highest BCUT2D eigenvalue weighted by molar-refractivity contribution is 5.89. The van der Waals surface area contributed by atoms with Crippen molar-refractivity contribution in [1.29, 1.82) is 0 Å². The van der Waals surface area contributed by atoms with Crippen LogP contribution in [-0.4, -0.2) is 26.3 Å². The Morgan fingerprint density at radius 3 is 2.67 bits per heavy atom. The molecule has 0 bridgehead atoms. The average Bonchev–Trinajstić information content (AvgIpc) is 3.04. The van der Waals surface area contributed by atoms with Crippen molar-refractivity contribution in [3.05, 3.63) is 71.9 Å². The number of nitrogens with zero attached hydrogens (tertiary/aromatic N) is 4. The van der Waals surface area contributed by atoms with Gasteiger partial charge in [-0.2, -0.15) is 15.1 Å². The number of nitrogens with one attached hydrogen (secondary N) is 2. The molecule has 136 valence electrons. The van der Waals surface area contributed by atoms with Crippen LogP contribution in [0.15, 0.2) is 60.8 Å². The minimum atomic E-state index is 0.595. The number of benzene rings is 2. The maximum absolute atomic E-state index is 4.68. The van der Waals surface area contributed by atoms with Crippen LogP contribution in [0.1, 0.15) is 11.1 Å². The van der Waals surface area contributed by atoms with Crippen LogP contribution in [0, 0.1) is 6.92 Å². The molecule has 0 aliphatic carbocycles. The molecular weight excluding hydrogens is 336 g/mol. The van der Waals surface area contributed by atoms with Crippen molar-refractivity contribution < 1.29 is 0 Å². The molecule has 0 aliphatic rings. The Morgan fingerprint density at radius 2 is 1.85 bits per heavy atom. The van der Waals surface area contributed by atoms with Gasteiger partial charge in [0, 0.05) is 19.3 Å². The molecule has 0 unspecified atom stereocenters. The van der Waals surface area contributed by atoms with Gasteiger partial charge in [-0.15, -0.1) is 0 Å². The van der Waals surface area contributed by atoms with Crippen molar-refractivity contribution >= 4 is 28.5 Å². The van der Waals surface area contributed by atoms with Crippen LogP contribution in [0.5, 0.6) is 0 Å². The van der Waals surface area contributed by atoms with Gasteiger partial charge in [0.1, 0.15) is 5.82 Å². The summed E-state index contributed by atoms with van der Waals surface area (Å²) in [6, 6.07) is 18.6. The van der Waals surface area contributed by atoms with Gasteiger partial charge in [-0.05, 0) is 36.6 Å². The van der Waals surface area contributed by atoms with Crippen molar-refractivity contribution in [2.45, 2.75) is 13.3 Å². The SMILES string of the molecule is Cc1cccc(Nc2nc(NCCc3ccccc3)nc3c2cnn3C)c1. The first kappa shape index (κ1) is 17.0. The minimum Gasteiger partial charge on any atom is -0.354 e. The monoisotopic (exact) mass is 358 g/mol. The molecule has 0 atom stereocenters. The lowest BCUT2D eigenvalue weighted by Gasteiger charge is -2.11. The summed E-state index contributed by atoms with van der Waals surface area (Å²) in [7, 11) is 1.89. The van der Waals surface area contributed by atoms with Crippen LogP contribution in [0.25, 0.3) is 11.0 Å². The zero-order valence-electron chi connectivity index (χ0n) is 15.5. The predicted octanol–water partition coefficient (Wildman–Crippen LogP) is 4.07. The second kappa shape index (κ2) is 7.45. The number of fused-ring (bicyclic) bond motifs is 1. The zero-order chi connectivity index (χ0) is 18.6. The summed E-state index contributed by atoms with van der Waals surface area (Å²) in [6.45, 7) is 2.83. The van der Waals surface area contributed by atoms with Gasteiger partial charge in [0.15, 0.2) is 5.65 Å². The van der Waals surface area contributed by atoms with Gasteiger partial charge >= 0.3 is 0 Å². The highest BCUT2D eigenvalue weighted by Crippen LogP contribution is 2.25. The van der Waals surface area contributed by atoms with E-state index in [4.69, 9.17) is 0 Å². The fourth-order valence-corrected chi connectivity index (χ4v) is 3.02. The van der Waals surface area contributed by atoms with Crippen LogP contribution < -0.4 is 10.6 Å². The molecule has 0 radical (unpaired) electrons. The molecule has 6 nitrogen and oxygen atoms in total. The Kier molecular flexibility index (Phi) is 4.70. The van der Waals surface area contributed by atoms with Gasteiger partial charge < -0.3 is 10.6 Å². The lowest BCUT2D eigenvalue weighted by molar-refractivity contribution is 0.785. The maximum Gasteiger partial charge on any atom is 0.226 e. The molecule has 0 aliphatic heterocycles. The Morgan fingerprint density at radius 1 is 1.00 bits per heavy atom. The van der Waals surface area contributed by atoms with E-state index in [-0.39, 0.29) is 0 Å². The van der Waals surface area contributed by atoms with Crippen LogP contribution in [0.3, 0.4) is 0 Å². The highest BCUT2D eigenvalue weighted by atomic mass is 15.3. The third-order valence-electron chi connectivity index (χ3n) is 4.41. The van der Waals surface area contributed by atoms with Crippen LogP contribution in [-0.2, 0) is 13.5 Å². The summed E-state index contributed by atoms with van der Waals surface area (Å²) in [6.07, 6.45) is 2.70. The average molecular weight is 358 g/mol. The van der Waals surface area contributed by atoms with E-state index >= 15 is 0 Å². The van der Waals surface area contributed by atoms with Gasteiger partial charge in [0.25, 0.3) is 0 Å². The normalized spacial score (nSPS) is 10.9.